The zero-order valence-electron chi connectivity index (χ0n) is 8.34. The molecule has 0 heteroatoms. The number of benzene rings is 1. The Morgan fingerprint density at radius 1 is 0.846 bits per heavy atom. The summed E-state index contributed by atoms with van der Waals surface area (Å²) < 4.78 is 0. The molecule has 0 heterocycles. The molecule has 1 rings (SSSR count). The van der Waals surface area contributed by atoms with Crippen LogP contribution >= 0.6 is 0 Å². The van der Waals surface area contributed by atoms with E-state index in [9.17, 15) is 0 Å². The zero-order valence-corrected chi connectivity index (χ0v) is 8.34. The van der Waals surface area contributed by atoms with Gasteiger partial charge < -0.3 is 0 Å². The van der Waals surface area contributed by atoms with Gasteiger partial charge in [0.2, 0.25) is 0 Å². The predicted octanol–water partition coefficient (Wildman–Crippen LogP) is 4.01. The molecule has 0 spiro atoms. The molecule has 13 heavy (non-hydrogen) atoms. The molecule has 0 aliphatic rings. The smallest absolute Gasteiger partial charge is 0.0279 e. The lowest BCUT2D eigenvalue weighted by molar-refractivity contribution is 0.645. The highest BCUT2D eigenvalue weighted by molar-refractivity contribution is 5.14. The Kier molecular flexibility index (Phi) is 5.31. The standard InChI is InChI=1S/C13H19/c1-2-3-4-5-7-10-13-11-8-6-9-12-13/h6,8-9,11-12H,1-5,7,10H2. The zero-order chi connectivity index (χ0) is 9.36. The van der Waals surface area contributed by atoms with Crippen LogP contribution in [-0.2, 0) is 6.42 Å². The highest BCUT2D eigenvalue weighted by atomic mass is 14.0. The van der Waals surface area contributed by atoms with Gasteiger partial charge in [-0.15, -0.1) is 0 Å². The summed E-state index contributed by atoms with van der Waals surface area (Å²) in [6, 6.07) is 10.7. The van der Waals surface area contributed by atoms with Gasteiger partial charge in [0.05, 0.1) is 0 Å². The van der Waals surface area contributed by atoms with E-state index < -0.39 is 0 Å². The minimum Gasteiger partial charge on any atom is -0.0622 e. The van der Waals surface area contributed by atoms with Crippen molar-refractivity contribution in [3.8, 4) is 0 Å². The summed E-state index contributed by atoms with van der Waals surface area (Å²) in [5, 5.41) is 0. The van der Waals surface area contributed by atoms with Crippen LogP contribution in [0.2, 0.25) is 0 Å². The van der Waals surface area contributed by atoms with Crippen molar-refractivity contribution in [2.24, 2.45) is 0 Å². The summed E-state index contributed by atoms with van der Waals surface area (Å²) in [5.74, 6) is 0. The fourth-order valence-electron chi connectivity index (χ4n) is 1.50. The average molecular weight is 175 g/mol. The number of aryl methyl sites for hydroxylation is 1. The van der Waals surface area contributed by atoms with E-state index in [4.69, 9.17) is 0 Å². The van der Waals surface area contributed by atoms with Crippen LogP contribution in [0.15, 0.2) is 30.3 Å². The van der Waals surface area contributed by atoms with Gasteiger partial charge in [0.25, 0.3) is 0 Å². The van der Waals surface area contributed by atoms with Crippen LogP contribution < -0.4 is 0 Å². The highest BCUT2D eigenvalue weighted by Gasteiger charge is 1.91. The second kappa shape index (κ2) is 6.71. The van der Waals surface area contributed by atoms with Crippen molar-refractivity contribution in [1.82, 2.24) is 0 Å². The van der Waals surface area contributed by atoms with E-state index in [0.717, 1.165) is 6.42 Å². The molecule has 71 valence electrons. The summed E-state index contributed by atoms with van der Waals surface area (Å²) in [5.41, 5.74) is 1.47. The van der Waals surface area contributed by atoms with Gasteiger partial charge in [0.15, 0.2) is 0 Å². The molecule has 0 saturated heterocycles. The van der Waals surface area contributed by atoms with Gasteiger partial charge in [-0.05, 0) is 18.4 Å². The van der Waals surface area contributed by atoms with E-state index in [1.54, 1.807) is 0 Å². The maximum atomic E-state index is 3.84. The van der Waals surface area contributed by atoms with E-state index in [0.29, 0.717) is 0 Å². The first-order chi connectivity index (χ1) is 6.43. The average Bonchev–Trinajstić information content (AvgIpc) is 2.19. The van der Waals surface area contributed by atoms with Crippen LogP contribution in [0.3, 0.4) is 0 Å². The third-order valence-electron chi connectivity index (χ3n) is 2.31. The highest BCUT2D eigenvalue weighted by Crippen LogP contribution is 2.08. The Morgan fingerprint density at radius 2 is 1.54 bits per heavy atom. The quantitative estimate of drug-likeness (QED) is 0.573. The molecule has 0 saturated carbocycles. The molecule has 0 amide bonds. The van der Waals surface area contributed by atoms with E-state index in [1.807, 2.05) is 0 Å². The van der Waals surface area contributed by atoms with E-state index in [2.05, 4.69) is 37.3 Å². The molecular formula is C13H19. The van der Waals surface area contributed by atoms with Gasteiger partial charge in [-0.3, -0.25) is 0 Å². The van der Waals surface area contributed by atoms with Crippen LogP contribution in [0.4, 0.5) is 0 Å². The maximum absolute atomic E-state index is 3.84. The van der Waals surface area contributed by atoms with Crippen molar-refractivity contribution in [1.29, 1.82) is 0 Å². The molecule has 0 aromatic heterocycles. The molecular weight excluding hydrogens is 156 g/mol. The van der Waals surface area contributed by atoms with Crippen LogP contribution in [0.5, 0.6) is 0 Å². The van der Waals surface area contributed by atoms with E-state index in [-0.39, 0.29) is 0 Å². The lowest BCUT2D eigenvalue weighted by atomic mass is 10.1. The van der Waals surface area contributed by atoms with Crippen LogP contribution in [-0.4, -0.2) is 0 Å². The Hall–Kier alpha value is -0.780. The maximum Gasteiger partial charge on any atom is -0.0279 e. The molecule has 0 N–H and O–H groups in total. The Morgan fingerprint density at radius 3 is 2.23 bits per heavy atom. The minimum atomic E-state index is 1.09. The van der Waals surface area contributed by atoms with Crippen LogP contribution in [0.1, 0.15) is 37.7 Å². The fraction of sp³-hybridized carbons (Fsp3) is 0.462. The minimum absolute atomic E-state index is 1.09. The number of rotatable bonds is 6. The third-order valence-corrected chi connectivity index (χ3v) is 2.31. The lowest BCUT2D eigenvalue weighted by Gasteiger charge is -2.00. The monoisotopic (exact) mass is 175 g/mol. The second-order valence-corrected chi connectivity index (χ2v) is 3.50. The molecule has 0 unspecified atom stereocenters. The molecule has 0 aliphatic heterocycles. The fourth-order valence-corrected chi connectivity index (χ4v) is 1.50. The van der Waals surface area contributed by atoms with E-state index in [1.165, 1.54) is 37.7 Å². The topological polar surface area (TPSA) is 0 Å². The van der Waals surface area contributed by atoms with Gasteiger partial charge in [-0.25, -0.2) is 0 Å². The van der Waals surface area contributed by atoms with Crippen molar-refractivity contribution in [2.75, 3.05) is 0 Å². The normalized spacial score (nSPS) is 10.2. The molecule has 1 aromatic rings. The van der Waals surface area contributed by atoms with Crippen molar-refractivity contribution >= 4 is 0 Å². The summed E-state index contributed by atoms with van der Waals surface area (Å²) in [4.78, 5) is 0. The van der Waals surface area contributed by atoms with Crippen molar-refractivity contribution in [2.45, 2.75) is 38.5 Å². The first kappa shape index (κ1) is 10.3. The molecule has 0 nitrogen and oxygen atoms in total. The van der Waals surface area contributed by atoms with E-state index >= 15 is 0 Å². The number of hydrogen-bond donors (Lipinski definition) is 0. The van der Waals surface area contributed by atoms with Crippen LogP contribution in [0.25, 0.3) is 0 Å². The summed E-state index contributed by atoms with van der Waals surface area (Å²) >= 11 is 0. The summed E-state index contributed by atoms with van der Waals surface area (Å²) in [7, 11) is 0. The van der Waals surface area contributed by atoms with Crippen LogP contribution in [0, 0.1) is 6.92 Å². The number of unbranched alkanes of at least 4 members (excludes halogenated alkanes) is 4. The molecule has 1 aromatic carbocycles. The third kappa shape index (κ3) is 4.72. The molecule has 0 atom stereocenters. The molecule has 0 aliphatic carbocycles. The van der Waals surface area contributed by atoms with Gasteiger partial charge in [-0.2, -0.15) is 0 Å². The summed E-state index contributed by atoms with van der Waals surface area (Å²) in [6.07, 6.45) is 7.63. The SMILES string of the molecule is [CH2]CCCCCCc1ccccc1. The van der Waals surface area contributed by atoms with Crippen molar-refractivity contribution in [3.63, 3.8) is 0 Å². The van der Waals surface area contributed by atoms with Gasteiger partial charge >= 0.3 is 0 Å². The van der Waals surface area contributed by atoms with Gasteiger partial charge in [0, 0.05) is 0 Å². The Labute approximate surface area is 82.0 Å². The van der Waals surface area contributed by atoms with Gasteiger partial charge in [-0.1, -0.05) is 62.9 Å². The first-order valence-corrected chi connectivity index (χ1v) is 5.26. The Balaban J connectivity index is 2.07. The Bertz CT molecular complexity index is 201. The van der Waals surface area contributed by atoms with Gasteiger partial charge in [0.1, 0.15) is 0 Å². The molecule has 0 fully saturated rings. The van der Waals surface area contributed by atoms with Crippen molar-refractivity contribution in [3.05, 3.63) is 42.8 Å². The first-order valence-electron chi connectivity index (χ1n) is 5.26. The lowest BCUT2D eigenvalue weighted by Crippen LogP contribution is -1.84. The molecule has 1 radical (unpaired) electrons. The second-order valence-electron chi connectivity index (χ2n) is 3.50. The largest absolute Gasteiger partial charge is 0.0622 e. The summed E-state index contributed by atoms with van der Waals surface area (Å²) in [6.45, 7) is 3.84. The number of hydrogen-bond acceptors (Lipinski definition) is 0. The van der Waals surface area contributed by atoms with Crippen molar-refractivity contribution < 1.29 is 0 Å². The molecule has 0 bridgehead atoms. The predicted molar refractivity (Wildman–Crippen MR) is 58.6 cm³/mol.